The van der Waals surface area contributed by atoms with Gasteiger partial charge in [0.15, 0.2) is 0 Å². The molecular weight excluding hydrogens is 569 g/mol. The number of hydrogen-bond acceptors (Lipinski definition) is 9. The fraction of sp³-hybridized carbons (Fsp3) is 1.00. The molecule has 0 spiro atoms. The molecule has 0 aromatic carbocycles. The van der Waals surface area contributed by atoms with Gasteiger partial charge in [-0.2, -0.15) is 0 Å². The van der Waals surface area contributed by atoms with E-state index in [-0.39, 0.29) is 5.25 Å². The molecule has 0 saturated carbocycles. The van der Waals surface area contributed by atoms with Crippen LogP contribution in [-0.4, -0.2) is 83.2 Å². The molecular formula is C24H43N4S7-. The van der Waals surface area contributed by atoms with Gasteiger partial charge in [0.1, 0.15) is 0 Å². The van der Waals surface area contributed by atoms with Crippen LogP contribution < -0.4 is 10.6 Å². The van der Waals surface area contributed by atoms with Crippen LogP contribution in [0.3, 0.4) is 0 Å². The van der Waals surface area contributed by atoms with Gasteiger partial charge < -0.3 is 23.5 Å². The van der Waals surface area contributed by atoms with Crippen molar-refractivity contribution in [2.45, 2.75) is 112 Å². The molecule has 12 atom stereocenters. The monoisotopic (exact) mass is 611 g/mol. The van der Waals surface area contributed by atoms with Crippen molar-refractivity contribution in [3.8, 4) is 0 Å². The Balaban J connectivity index is 1.51. The zero-order valence-electron chi connectivity index (χ0n) is 21.4. The Morgan fingerprint density at radius 2 is 1.34 bits per heavy atom. The molecule has 11 heteroatoms. The Kier molecular flexibility index (Phi) is 8.88. The standard InChI is InChI=1S/C24H43N4S7/c1-13-15-11-22(27(3)12-15)24(35(31,32)33)19-8-7-18(26-19)23(34(29)30)17-6-5-16(25-17)14(2)21-10-9-20(13)28(21)4/h13-26H,5-12H2,1-4H3,(H,31,32,33)/q-1. The third-order valence-electron chi connectivity index (χ3n) is 10.6. The summed E-state index contributed by atoms with van der Waals surface area (Å²) in [4.78, 5) is 5.33. The van der Waals surface area contributed by atoms with Gasteiger partial charge in [0.2, 0.25) is 0 Å². The highest BCUT2D eigenvalue weighted by Crippen LogP contribution is 2.43. The van der Waals surface area contributed by atoms with E-state index in [1.807, 2.05) is 0 Å². The lowest BCUT2D eigenvalue weighted by Gasteiger charge is -2.40. The fourth-order valence-electron chi connectivity index (χ4n) is 8.70. The molecule has 5 fully saturated rings. The summed E-state index contributed by atoms with van der Waals surface area (Å²) in [6, 6.07) is 3.39. The van der Waals surface area contributed by atoms with Gasteiger partial charge in [0.05, 0.1) is 5.25 Å². The van der Waals surface area contributed by atoms with E-state index in [0.29, 0.717) is 65.3 Å². The summed E-state index contributed by atoms with van der Waals surface area (Å²) in [6.07, 6.45) is 6.63. The number of hydrogen-bond donors (Lipinski definition) is 3. The minimum absolute atomic E-state index is 0.229. The number of fused-ring (bicyclic) bond motifs is 8. The van der Waals surface area contributed by atoms with E-state index in [1.54, 1.807) is 0 Å². The Bertz CT molecular complexity index is 963. The average Bonchev–Trinajstić information content (AvgIpc) is 3.55. The predicted octanol–water partition coefficient (Wildman–Crippen LogP) is 2.50. The Hall–Kier alpha value is 1.77. The maximum absolute atomic E-state index is 6.00. The minimum Gasteiger partial charge on any atom is -0.341 e. The van der Waals surface area contributed by atoms with E-state index < -0.39 is 14.2 Å². The van der Waals surface area contributed by atoms with E-state index in [2.05, 4.69) is 48.4 Å². The summed E-state index contributed by atoms with van der Waals surface area (Å²) < 4.78 is 0. The Morgan fingerprint density at radius 1 is 0.800 bits per heavy atom. The van der Waals surface area contributed by atoms with Crippen LogP contribution in [0, 0.1) is 17.8 Å². The van der Waals surface area contributed by atoms with Crippen LogP contribution in [0.4, 0.5) is 0 Å². The van der Waals surface area contributed by atoms with E-state index >= 15 is 0 Å². The van der Waals surface area contributed by atoms with Gasteiger partial charge >= 0.3 is 0 Å². The van der Waals surface area contributed by atoms with Crippen molar-refractivity contribution in [1.29, 1.82) is 0 Å². The molecule has 0 amide bonds. The number of rotatable bonds is 2. The van der Waals surface area contributed by atoms with E-state index in [4.69, 9.17) is 56.4 Å². The number of likely N-dealkylation sites (tertiary alicyclic amines) is 1. The maximum atomic E-state index is 6.00. The molecule has 0 aromatic heterocycles. The molecule has 12 unspecified atom stereocenters. The van der Waals surface area contributed by atoms with Crippen LogP contribution in [0.2, 0.25) is 0 Å². The highest BCUT2D eigenvalue weighted by molar-refractivity contribution is 8.93. The topological polar surface area (TPSA) is 30.5 Å². The zero-order chi connectivity index (χ0) is 25.2. The summed E-state index contributed by atoms with van der Waals surface area (Å²) in [5.74, 6) is 2.01. The molecule has 5 rings (SSSR count). The van der Waals surface area contributed by atoms with Gasteiger partial charge in [-0.1, -0.05) is 19.1 Å². The van der Waals surface area contributed by atoms with Gasteiger partial charge in [-0.15, -0.1) is 11.7 Å². The number of thiol groups is 1. The van der Waals surface area contributed by atoms with Gasteiger partial charge in [0, 0.05) is 36.8 Å². The molecule has 5 heterocycles. The normalized spacial score (nSPS) is 49.8. The molecule has 4 nitrogen and oxygen atoms in total. The van der Waals surface area contributed by atoms with Crippen molar-refractivity contribution in [1.82, 2.24) is 20.4 Å². The molecule has 0 aromatic rings. The third kappa shape index (κ3) is 5.42. The zero-order valence-corrected chi connectivity index (χ0v) is 27.2. The van der Waals surface area contributed by atoms with Gasteiger partial charge in [-0.05, 0) is 117 Å². The lowest BCUT2D eigenvalue weighted by molar-refractivity contribution is 0.118. The highest BCUT2D eigenvalue weighted by atomic mass is 33.5. The Labute approximate surface area is 239 Å². The van der Waals surface area contributed by atoms with Crippen molar-refractivity contribution >= 4 is 70.6 Å². The first kappa shape index (κ1) is 28.3. The van der Waals surface area contributed by atoms with E-state index in [9.17, 15) is 0 Å². The smallest absolute Gasteiger partial charge is 0.0532 e. The first-order chi connectivity index (χ1) is 16.5. The molecule has 2 N–H and O–H groups in total. The van der Waals surface area contributed by atoms with E-state index in [0.717, 1.165) is 19.4 Å². The molecule has 0 radical (unpaired) electrons. The van der Waals surface area contributed by atoms with Crippen molar-refractivity contribution in [3.05, 3.63) is 0 Å². The van der Waals surface area contributed by atoms with Crippen LogP contribution in [0.25, 0.3) is 0 Å². The molecule has 5 aliphatic rings. The number of nitrogens with one attached hydrogen (secondary N) is 2. The van der Waals surface area contributed by atoms with Crippen LogP contribution in [0.15, 0.2) is 0 Å². The van der Waals surface area contributed by atoms with E-state index in [1.165, 1.54) is 32.1 Å². The first-order valence-corrected chi connectivity index (χ1v) is 21.2. The van der Waals surface area contributed by atoms with Crippen molar-refractivity contribution in [2.75, 3.05) is 20.6 Å². The molecule has 0 aliphatic carbocycles. The molecule has 5 saturated heterocycles. The Morgan fingerprint density at radius 3 is 1.94 bits per heavy atom. The van der Waals surface area contributed by atoms with Crippen LogP contribution >= 0.6 is 11.7 Å². The first-order valence-electron chi connectivity index (χ1n) is 13.5. The van der Waals surface area contributed by atoms with Gasteiger partial charge in [0.25, 0.3) is 0 Å². The number of nitrogens with zero attached hydrogens (tertiary/aromatic N) is 2. The summed E-state index contributed by atoms with van der Waals surface area (Å²) in [6.45, 7) is 6.15. The molecule has 8 bridgehead atoms. The van der Waals surface area contributed by atoms with Gasteiger partial charge in [-0.3, -0.25) is 27.3 Å². The second-order valence-electron chi connectivity index (χ2n) is 12.2. The second kappa shape index (κ2) is 11.0. The SMILES string of the molecule is CC1C2CC(C(S(=S)(=S)S)C3CCC(N3)C([S-](=S)=S)C3CCC(N3)C(C)C3CCC1N3C)N(C)C2. The lowest BCUT2D eigenvalue weighted by atomic mass is 9.84. The second-order valence-corrected chi connectivity index (χ2v) is 24.6. The maximum Gasteiger partial charge on any atom is 0.0532 e. The summed E-state index contributed by atoms with van der Waals surface area (Å²) in [7, 11) is 4.22. The van der Waals surface area contributed by atoms with Crippen molar-refractivity contribution in [2.24, 2.45) is 17.8 Å². The minimum atomic E-state index is -1.86. The molecule has 202 valence electrons. The average molecular weight is 612 g/mol. The fourth-order valence-corrected chi connectivity index (χ4v) is 15.1. The summed E-state index contributed by atoms with van der Waals surface area (Å²) in [5.41, 5.74) is 0. The van der Waals surface area contributed by atoms with Crippen LogP contribution in [0.1, 0.15) is 58.8 Å². The highest BCUT2D eigenvalue weighted by Gasteiger charge is 2.49. The quantitative estimate of drug-likeness (QED) is 0.250. The van der Waals surface area contributed by atoms with Crippen molar-refractivity contribution < 1.29 is 0 Å². The predicted molar refractivity (Wildman–Crippen MR) is 168 cm³/mol. The van der Waals surface area contributed by atoms with Crippen molar-refractivity contribution in [3.63, 3.8) is 0 Å². The third-order valence-corrected chi connectivity index (χ3v) is 16.4. The summed E-state index contributed by atoms with van der Waals surface area (Å²) >= 11 is 28.6. The largest absolute Gasteiger partial charge is 0.341 e. The van der Waals surface area contributed by atoms with Crippen LogP contribution in [0.5, 0.6) is 0 Å². The lowest BCUT2D eigenvalue weighted by Crippen LogP contribution is -2.55. The summed E-state index contributed by atoms with van der Waals surface area (Å²) in [5, 5.41) is 8.67. The van der Waals surface area contributed by atoms with Gasteiger partial charge in [-0.25, -0.2) is 0 Å². The molecule has 5 aliphatic heterocycles. The molecule has 35 heavy (non-hydrogen) atoms. The van der Waals surface area contributed by atoms with Crippen LogP contribution in [-0.2, 0) is 58.9 Å².